The van der Waals surface area contributed by atoms with Crippen molar-refractivity contribution in [3.8, 4) is 0 Å². The van der Waals surface area contributed by atoms with Crippen LogP contribution in [-0.4, -0.2) is 23.3 Å². The Balaban J connectivity index is 1.85. The minimum atomic E-state index is 0.681. The van der Waals surface area contributed by atoms with Crippen molar-refractivity contribution in [2.45, 2.75) is 23.9 Å². The quantitative estimate of drug-likeness (QED) is 0.677. The highest BCUT2D eigenvalue weighted by molar-refractivity contribution is 9.10. The van der Waals surface area contributed by atoms with Gasteiger partial charge in [-0.05, 0) is 47.4 Å². The number of halogens is 1. The molecule has 2 heterocycles. The molecule has 14 heavy (non-hydrogen) atoms. The topological polar surface area (TPSA) is 24.9 Å². The number of hydrogen-bond donors (Lipinski definition) is 1. The highest BCUT2D eigenvalue weighted by atomic mass is 79.9. The molecule has 1 atom stereocenters. The molecule has 1 N–H and O–H groups in total. The molecular formula is C10H13BrN2S. The summed E-state index contributed by atoms with van der Waals surface area (Å²) in [5, 5.41) is 4.59. The zero-order valence-electron chi connectivity index (χ0n) is 7.87. The normalized spacial score (nSPS) is 21.4. The lowest BCUT2D eigenvalue weighted by molar-refractivity contribution is 0.673. The molecule has 1 aromatic rings. The SMILES string of the molecule is Brc1cccc(SCC2CCCN2)n1. The fourth-order valence-corrected chi connectivity index (χ4v) is 3.01. The maximum absolute atomic E-state index is 4.39. The molecule has 1 aliphatic heterocycles. The number of thioether (sulfide) groups is 1. The number of pyridine rings is 1. The second-order valence-corrected chi connectivity index (χ2v) is 5.26. The van der Waals surface area contributed by atoms with Crippen molar-refractivity contribution in [2.24, 2.45) is 0 Å². The van der Waals surface area contributed by atoms with Gasteiger partial charge in [0.15, 0.2) is 0 Å². The Kier molecular flexibility index (Phi) is 3.84. The summed E-state index contributed by atoms with van der Waals surface area (Å²) in [6.45, 7) is 1.18. The van der Waals surface area contributed by atoms with Gasteiger partial charge in [0.25, 0.3) is 0 Å². The maximum Gasteiger partial charge on any atom is 0.107 e. The Morgan fingerprint density at radius 1 is 1.57 bits per heavy atom. The summed E-state index contributed by atoms with van der Waals surface area (Å²) >= 11 is 5.20. The Bertz CT molecular complexity index is 300. The van der Waals surface area contributed by atoms with Crippen LogP contribution in [-0.2, 0) is 0 Å². The predicted octanol–water partition coefficient (Wildman–Crippen LogP) is 2.69. The Hall–Kier alpha value is -0.0600. The van der Waals surface area contributed by atoms with E-state index in [4.69, 9.17) is 0 Å². The van der Waals surface area contributed by atoms with Gasteiger partial charge in [0.05, 0.1) is 5.03 Å². The van der Waals surface area contributed by atoms with Crippen LogP contribution in [0.2, 0.25) is 0 Å². The summed E-state index contributed by atoms with van der Waals surface area (Å²) in [6.07, 6.45) is 2.62. The monoisotopic (exact) mass is 272 g/mol. The van der Waals surface area contributed by atoms with E-state index in [2.05, 4.69) is 32.3 Å². The van der Waals surface area contributed by atoms with Gasteiger partial charge in [-0.25, -0.2) is 4.98 Å². The standard InChI is InChI=1S/C10H13BrN2S/c11-9-4-1-5-10(13-9)14-7-8-3-2-6-12-8/h1,4-5,8,12H,2-3,6-7H2. The highest BCUT2D eigenvalue weighted by Crippen LogP contribution is 2.20. The summed E-state index contributed by atoms with van der Waals surface area (Å²) in [6, 6.07) is 6.73. The molecule has 0 amide bonds. The number of rotatable bonds is 3. The summed E-state index contributed by atoms with van der Waals surface area (Å²) in [5.41, 5.74) is 0. The summed E-state index contributed by atoms with van der Waals surface area (Å²) in [4.78, 5) is 4.39. The van der Waals surface area contributed by atoms with Crippen LogP contribution in [0.3, 0.4) is 0 Å². The summed E-state index contributed by atoms with van der Waals surface area (Å²) < 4.78 is 0.918. The Morgan fingerprint density at radius 2 is 2.50 bits per heavy atom. The lowest BCUT2D eigenvalue weighted by Crippen LogP contribution is -2.23. The third-order valence-corrected chi connectivity index (χ3v) is 3.82. The predicted molar refractivity (Wildman–Crippen MR) is 63.7 cm³/mol. The Labute approximate surface area is 97.0 Å². The van der Waals surface area contributed by atoms with Gasteiger partial charge in [0, 0.05) is 11.8 Å². The van der Waals surface area contributed by atoms with Crippen molar-refractivity contribution in [1.82, 2.24) is 10.3 Å². The van der Waals surface area contributed by atoms with Gasteiger partial charge in [0.2, 0.25) is 0 Å². The first kappa shape index (κ1) is 10.5. The summed E-state index contributed by atoms with van der Waals surface area (Å²) in [5.74, 6) is 1.13. The van der Waals surface area contributed by atoms with Crippen molar-refractivity contribution in [1.29, 1.82) is 0 Å². The van der Waals surface area contributed by atoms with Crippen molar-refractivity contribution < 1.29 is 0 Å². The number of aromatic nitrogens is 1. The maximum atomic E-state index is 4.39. The van der Waals surface area contributed by atoms with Crippen LogP contribution in [0.4, 0.5) is 0 Å². The molecule has 0 aromatic carbocycles. The molecule has 1 saturated heterocycles. The minimum Gasteiger partial charge on any atom is -0.313 e. The molecule has 0 aliphatic carbocycles. The molecule has 2 rings (SSSR count). The average molecular weight is 273 g/mol. The zero-order valence-corrected chi connectivity index (χ0v) is 10.3. The zero-order chi connectivity index (χ0) is 9.80. The smallest absolute Gasteiger partial charge is 0.107 e. The second kappa shape index (κ2) is 5.14. The largest absolute Gasteiger partial charge is 0.313 e. The van der Waals surface area contributed by atoms with Gasteiger partial charge in [0.1, 0.15) is 4.60 Å². The van der Waals surface area contributed by atoms with Crippen LogP contribution in [0.1, 0.15) is 12.8 Å². The molecule has 76 valence electrons. The number of hydrogen-bond acceptors (Lipinski definition) is 3. The molecule has 0 radical (unpaired) electrons. The molecule has 1 aliphatic rings. The van der Waals surface area contributed by atoms with E-state index in [-0.39, 0.29) is 0 Å². The van der Waals surface area contributed by atoms with E-state index in [0.717, 1.165) is 15.4 Å². The Morgan fingerprint density at radius 3 is 3.21 bits per heavy atom. The van der Waals surface area contributed by atoms with E-state index < -0.39 is 0 Å². The highest BCUT2D eigenvalue weighted by Gasteiger charge is 2.13. The summed E-state index contributed by atoms with van der Waals surface area (Å²) in [7, 11) is 0. The average Bonchev–Trinajstić information content (AvgIpc) is 2.67. The van der Waals surface area contributed by atoms with Crippen LogP contribution < -0.4 is 5.32 Å². The molecular weight excluding hydrogens is 260 g/mol. The fourth-order valence-electron chi connectivity index (χ4n) is 1.55. The minimum absolute atomic E-state index is 0.681. The van der Waals surface area contributed by atoms with Gasteiger partial charge in [-0.1, -0.05) is 6.07 Å². The lowest BCUT2D eigenvalue weighted by atomic mass is 10.3. The number of nitrogens with one attached hydrogen (secondary N) is 1. The molecule has 1 unspecified atom stereocenters. The molecule has 4 heteroatoms. The molecule has 1 fully saturated rings. The third-order valence-electron chi connectivity index (χ3n) is 2.28. The van der Waals surface area contributed by atoms with E-state index in [0.29, 0.717) is 6.04 Å². The molecule has 2 nitrogen and oxygen atoms in total. The van der Waals surface area contributed by atoms with Crippen LogP contribution in [0, 0.1) is 0 Å². The van der Waals surface area contributed by atoms with Crippen molar-refractivity contribution in [3.63, 3.8) is 0 Å². The first-order valence-corrected chi connectivity index (χ1v) is 6.61. The first-order valence-electron chi connectivity index (χ1n) is 4.83. The van der Waals surface area contributed by atoms with E-state index in [1.807, 2.05) is 23.9 Å². The molecule has 0 spiro atoms. The second-order valence-electron chi connectivity index (χ2n) is 3.40. The van der Waals surface area contributed by atoms with E-state index in [1.165, 1.54) is 19.4 Å². The molecule has 1 aromatic heterocycles. The lowest BCUT2D eigenvalue weighted by Gasteiger charge is -2.08. The molecule has 0 saturated carbocycles. The number of nitrogens with zero attached hydrogens (tertiary/aromatic N) is 1. The van der Waals surface area contributed by atoms with Crippen molar-refractivity contribution >= 4 is 27.7 Å². The van der Waals surface area contributed by atoms with Crippen molar-refractivity contribution in [2.75, 3.05) is 12.3 Å². The van der Waals surface area contributed by atoms with Gasteiger partial charge in [-0.15, -0.1) is 11.8 Å². The van der Waals surface area contributed by atoms with Crippen LogP contribution in [0.5, 0.6) is 0 Å². The first-order chi connectivity index (χ1) is 6.84. The van der Waals surface area contributed by atoms with Gasteiger partial charge in [-0.2, -0.15) is 0 Å². The van der Waals surface area contributed by atoms with Crippen LogP contribution >= 0.6 is 27.7 Å². The van der Waals surface area contributed by atoms with Crippen LogP contribution in [0.25, 0.3) is 0 Å². The third kappa shape index (κ3) is 2.97. The van der Waals surface area contributed by atoms with Gasteiger partial charge >= 0.3 is 0 Å². The molecule has 0 bridgehead atoms. The van der Waals surface area contributed by atoms with Gasteiger partial charge < -0.3 is 5.32 Å². The van der Waals surface area contributed by atoms with Gasteiger partial charge in [-0.3, -0.25) is 0 Å². The van der Waals surface area contributed by atoms with E-state index >= 15 is 0 Å². The van der Waals surface area contributed by atoms with E-state index in [1.54, 1.807) is 0 Å². The van der Waals surface area contributed by atoms with Crippen molar-refractivity contribution in [3.05, 3.63) is 22.8 Å². The van der Waals surface area contributed by atoms with Crippen LogP contribution in [0.15, 0.2) is 27.8 Å². The van der Waals surface area contributed by atoms with E-state index in [9.17, 15) is 0 Å². The fraction of sp³-hybridized carbons (Fsp3) is 0.500.